The van der Waals surface area contributed by atoms with Crippen molar-refractivity contribution in [1.82, 2.24) is 29.7 Å². The van der Waals surface area contributed by atoms with Crippen molar-refractivity contribution in [2.75, 3.05) is 25.3 Å². The van der Waals surface area contributed by atoms with Gasteiger partial charge in [0.2, 0.25) is 7.44 Å². The number of anilines is 1. The minimum Gasteiger partial charge on any atom is -0.464 e. The first kappa shape index (κ1) is 29.4. The van der Waals surface area contributed by atoms with Crippen molar-refractivity contribution in [2.24, 2.45) is 11.8 Å². The van der Waals surface area contributed by atoms with Crippen molar-refractivity contribution < 1.29 is 28.4 Å². The average Bonchev–Trinajstić information content (AvgIpc) is 3.79. The average molecular weight is 566 g/mol. The van der Waals surface area contributed by atoms with Crippen LogP contribution in [-0.4, -0.2) is 68.2 Å². The van der Waals surface area contributed by atoms with Gasteiger partial charge in [0.15, 0.2) is 11.5 Å². The Bertz CT molecular complexity index is 1190. The number of nitrogens with zero attached hydrogens (tertiary/aromatic N) is 4. The summed E-state index contributed by atoms with van der Waals surface area (Å²) in [6.07, 6.45) is 4.23. The normalized spacial score (nSPS) is 18.3. The molecule has 0 bridgehead atoms. The molecule has 14 heteroatoms. The quantitative estimate of drug-likeness (QED) is 0.213. The summed E-state index contributed by atoms with van der Waals surface area (Å²) in [6.45, 7) is 10.5. The van der Waals surface area contributed by atoms with Gasteiger partial charge in [-0.05, 0) is 44.4 Å². The maximum absolute atomic E-state index is 14.4. The summed E-state index contributed by atoms with van der Waals surface area (Å²) >= 11 is 0. The number of nitrogens with two attached hydrogens (primary N) is 1. The molecule has 2 heterocycles. The van der Waals surface area contributed by atoms with E-state index in [1.54, 1.807) is 10.9 Å². The van der Waals surface area contributed by atoms with Gasteiger partial charge in [-0.3, -0.25) is 14.2 Å². The Labute approximate surface area is 228 Å². The van der Waals surface area contributed by atoms with Crippen molar-refractivity contribution in [3.05, 3.63) is 12.7 Å². The first-order valence-corrected chi connectivity index (χ1v) is 15.3. The number of hydrogen-bond acceptors (Lipinski definition) is 10. The summed E-state index contributed by atoms with van der Waals surface area (Å²) < 4.78 is 33.1. The van der Waals surface area contributed by atoms with Crippen LogP contribution in [0, 0.1) is 11.8 Å². The molecule has 0 unspecified atom stereocenters. The highest BCUT2D eigenvalue weighted by molar-refractivity contribution is 7.59. The van der Waals surface area contributed by atoms with Gasteiger partial charge in [-0.2, -0.15) is 0 Å². The van der Waals surface area contributed by atoms with Crippen LogP contribution >= 0.6 is 7.44 Å². The van der Waals surface area contributed by atoms with Crippen molar-refractivity contribution in [1.29, 1.82) is 0 Å². The van der Waals surface area contributed by atoms with Gasteiger partial charge >= 0.3 is 11.9 Å². The smallest absolute Gasteiger partial charge is 0.326 e. The van der Waals surface area contributed by atoms with E-state index in [0.29, 0.717) is 43.4 Å². The van der Waals surface area contributed by atoms with Gasteiger partial charge in [0.1, 0.15) is 29.3 Å². The number of hydrogen-bond donors (Lipinski definition) is 3. The van der Waals surface area contributed by atoms with Gasteiger partial charge in [-0.25, -0.2) is 25.1 Å². The summed E-state index contributed by atoms with van der Waals surface area (Å²) in [6, 6.07) is 0. The predicted octanol–water partition coefficient (Wildman–Crippen LogP) is 2.61. The second kappa shape index (κ2) is 11.5. The molecule has 2 fully saturated rings. The zero-order valence-electron chi connectivity index (χ0n) is 23.3. The highest BCUT2D eigenvalue weighted by Gasteiger charge is 2.59. The van der Waals surface area contributed by atoms with E-state index >= 15 is 0 Å². The molecule has 0 saturated heterocycles. The molecule has 2 aromatic heterocycles. The van der Waals surface area contributed by atoms with E-state index in [0.717, 1.165) is 0 Å². The van der Waals surface area contributed by atoms with Gasteiger partial charge in [0.05, 0.1) is 32.2 Å². The lowest BCUT2D eigenvalue weighted by Gasteiger charge is -2.30. The molecule has 0 aromatic carbocycles. The third-order valence-electron chi connectivity index (χ3n) is 6.59. The van der Waals surface area contributed by atoms with Crippen LogP contribution in [0.2, 0.25) is 0 Å². The number of nitrogen functional groups attached to an aromatic ring is 1. The first-order valence-electron chi connectivity index (χ1n) is 13.4. The Morgan fingerprint density at radius 3 is 2.00 bits per heavy atom. The minimum absolute atomic E-state index is 0.171. The fraction of sp³-hybridized carbons (Fsp3) is 0.720. The van der Waals surface area contributed by atoms with Crippen LogP contribution in [0.15, 0.2) is 12.7 Å². The number of nitrogens with one attached hydrogen (secondary N) is 2. The molecule has 0 aliphatic heterocycles. The van der Waals surface area contributed by atoms with Gasteiger partial charge < -0.3 is 24.5 Å². The molecular formula is C25H40N7O6P. The molecule has 4 rings (SSSR count). The number of rotatable bonds is 15. The van der Waals surface area contributed by atoms with E-state index in [4.69, 9.17) is 19.9 Å². The fourth-order valence-electron chi connectivity index (χ4n) is 4.11. The second-order valence-electron chi connectivity index (χ2n) is 11.5. The number of esters is 2. The predicted molar refractivity (Wildman–Crippen MR) is 145 cm³/mol. The molecule has 0 spiro atoms. The number of carbonyl (C=O) groups excluding carboxylic acids is 2. The molecule has 216 valence electrons. The van der Waals surface area contributed by atoms with E-state index in [9.17, 15) is 14.2 Å². The monoisotopic (exact) mass is 565 g/mol. The Balaban J connectivity index is 1.47. The van der Waals surface area contributed by atoms with Crippen LogP contribution in [-0.2, 0) is 34.9 Å². The largest absolute Gasteiger partial charge is 0.464 e. The topological polar surface area (TPSA) is 173 Å². The van der Waals surface area contributed by atoms with Crippen molar-refractivity contribution in [2.45, 2.75) is 84.0 Å². The number of aromatic nitrogens is 4. The number of ether oxygens (including phenoxy) is 3. The molecule has 2 aliphatic carbocycles. The molecule has 2 saturated carbocycles. The summed E-state index contributed by atoms with van der Waals surface area (Å²) in [4.78, 5) is 38.3. The molecular weight excluding hydrogens is 525 g/mol. The molecule has 0 radical (unpaired) electrons. The summed E-state index contributed by atoms with van der Waals surface area (Å²) in [7, 11) is -3.63. The Hall–Kier alpha value is -2.60. The zero-order chi connectivity index (χ0) is 28.4. The summed E-state index contributed by atoms with van der Waals surface area (Å²) in [5.74, 6) is -0.266. The minimum atomic E-state index is -3.63. The third kappa shape index (κ3) is 7.13. The van der Waals surface area contributed by atoms with Gasteiger partial charge in [0, 0.05) is 0 Å². The highest BCUT2D eigenvalue weighted by atomic mass is 31.2. The number of fused-ring (bicyclic) bond motifs is 1. The van der Waals surface area contributed by atoms with Crippen LogP contribution in [0.25, 0.3) is 11.2 Å². The van der Waals surface area contributed by atoms with Crippen molar-refractivity contribution in [3.8, 4) is 0 Å². The number of imidazole rings is 1. The van der Waals surface area contributed by atoms with Gasteiger partial charge in [0.25, 0.3) is 0 Å². The van der Waals surface area contributed by atoms with Crippen LogP contribution in [0.4, 0.5) is 5.82 Å². The van der Waals surface area contributed by atoms with Gasteiger partial charge in [-0.1, -0.05) is 27.7 Å². The highest BCUT2D eigenvalue weighted by Crippen LogP contribution is 2.53. The molecule has 0 amide bonds. The lowest BCUT2D eigenvalue weighted by molar-refractivity contribution is -0.148. The first-order chi connectivity index (χ1) is 18.4. The van der Waals surface area contributed by atoms with Crippen molar-refractivity contribution in [3.63, 3.8) is 0 Å². The maximum Gasteiger partial charge on any atom is 0.326 e. The van der Waals surface area contributed by atoms with E-state index in [1.165, 1.54) is 6.33 Å². The van der Waals surface area contributed by atoms with E-state index in [1.807, 2.05) is 34.6 Å². The molecule has 4 N–H and O–H groups in total. The van der Waals surface area contributed by atoms with E-state index in [-0.39, 0.29) is 37.2 Å². The van der Waals surface area contributed by atoms with Crippen LogP contribution < -0.4 is 15.9 Å². The summed E-state index contributed by atoms with van der Waals surface area (Å²) in [5.41, 5.74) is 4.79. The standard InChI is InChI=1S/C25H40N7O6P/c1-16(2)11-36-22(33)24(6-7-24)30-39(35,31-25(8-9-25)23(34)37-12-17(3)4)15-38-18(5)10-32-14-29-19-20(26)27-13-28-21(19)32/h13-14,16-18H,6-12,15H2,1-5H3,(H2,26,27,28)(H2,30,31,35)/t18-/m1/s1. The summed E-state index contributed by atoms with van der Waals surface area (Å²) in [5, 5.41) is 6.10. The van der Waals surface area contributed by atoms with Crippen LogP contribution in [0.1, 0.15) is 60.3 Å². The molecule has 2 aliphatic rings. The third-order valence-corrected chi connectivity index (χ3v) is 8.68. The molecule has 2 aromatic rings. The van der Waals surface area contributed by atoms with Gasteiger partial charge in [-0.15, -0.1) is 0 Å². The lowest BCUT2D eigenvalue weighted by Crippen LogP contribution is -2.48. The van der Waals surface area contributed by atoms with E-state index in [2.05, 4.69) is 25.1 Å². The van der Waals surface area contributed by atoms with E-state index < -0.39 is 36.6 Å². The van der Waals surface area contributed by atoms with Crippen LogP contribution in [0.3, 0.4) is 0 Å². The second-order valence-corrected chi connectivity index (χ2v) is 13.7. The molecule has 39 heavy (non-hydrogen) atoms. The fourth-order valence-corrected chi connectivity index (χ4v) is 6.77. The molecule has 1 atom stereocenters. The zero-order valence-corrected chi connectivity index (χ0v) is 24.2. The Kier molecular flexibility index (Phi) is 8.65. The Morgan fingerprint density at radius 1 is 0.974 bits per heavy atom. The SMILES string of the molecule is CC(C)COC(=O)C1(NP(=O)(CO[C@H](C)Cn2cnc3c(N)ncnc32)NC2(C(=O)OCC(C)C)CC2)CC1. The Morgan fingerprint density at radius 2 is 1.51 bits per heavy atom. The lowest BCUT2D eigenvalue weighted by atomic mass is 10.2. The maximum atomic E-state index is 14.4. The van der Waals surface area contributed by atoms with Crippen LogP contribution in [0.5, 0.6) is 0 Å². The number of carbonyl (C=O) groups is 2. The van der Waals surface area contributed by atoms with Crippen molar-refractivity contribution >= 4 is 36.4 Å². The molecule has 13 nitrogen and oxygen atoms in total.